The van der Waals surface area contributed by atoms with Crippen LogP contribution in [0.25, 0.3) is 0 Å². The van der Waals surface area contributed by atoms with Crippen molar-refractivity contribution >= 4 is 19.7 Å². The smallest absolute Gasteiger partial charge is 0.261 e. The minimum absolute atomic E-state index is 0.0973. The largest absolute Gasteiger partial charge is 0.494 e. The van der Waals surface area contributed by atoms with E-state index >= 15 is 0 Å². The molecule has 1 aromatic rings. The van der Waals surface area contributed by atoms with Gasteiger partial charge in [0.05, 0.1) is 11.5 Å². The highest BCUT2D eigenvalue weighted by Crippen LogP contribution is 2.23. The Morgan fingerprint density at radius 3 is 2.50 bits per heavy atom. The maximum atomic E-state index is 11.0. The van der Waals surface area contributed by atoms with Gasteiger partial charge in [0.25, 0.3) is 9.05 Å². The molecule has 0 aliphatic carbocycles. The Kier molecular flexibility index (Phi) is 3.39. The number of ether oxygens (including phenoxy) is 1. The summed E-state index contributed by atoms with van der Waals surface area (Å²) in [7, 11) is 1.55. The minimum atomic E-state index is -3.64. The van der Waals surface area contributed by atoms with Gasteiger partial charge in [-0.1, -0.05) is 0 Å². The average Bonchev–Trinajstić information content (AvgIpc) is 2.07. The normalized spacial score (nSPS) is 11.4. The fourth-order valence-corrected chi connectivity index (χ4v) is 1.93. The molecule has 0 aliphatic rings. The van der Waals surface area contributed by atoms with E-state index in [4.69, 9.17) is 15.4 Å². The third kappa shape index (κ3) is 2.62. The van der Waals surface area contributed by atoms with Crippen LogP contribution in [0.4, 0.5) is 0 Å². The number of halogens is 1. The predicted octanol–water partition coefficient (Wildman–Crippen LogP) is 2.32. The summed E-state index contributed by atoms with van der Waals surface area (Å²) in [5.41, 5.74) is 0.758. The van der Waals surface area contributed by atoms with Gasteiger partial charge in [0, 0.05) is 10.7 Å². The predicted molar refractivity (Wildman–Crippen MR) is 55.4 cm³/mol. The van der Waals surface area contributed by atoms with Crippen LogP contribution in [-0.4, -0.2) is 15.0 Å². The summed E-state index contributed by atoms with van der Waals surface area (Å²) in [5.74, 6) is 0.677. The van der Waals surface area contributed by atoms with E-state index < -0.39 is 9.05 Å². The van der Waals surface area contributed by atoms with E-state index in [1.165, 1.54) is 12.1 Å². The average molecular weight is 235 g/mol. The van der Waals surface area contributed by atoms with Crippen LogP contribution in [0.15, 0.2) is 23.1 Å². The number of hydrogen-bond acceptors (Lipinski definition) is 3. The molecule has 0 atom stereocenters. The molecular weight excluding hydrogens is 224 g/mol. The van der Waals surface area contributed by atoms with Gasteiger partial charge in [-0.2, -0.15) is 0 Å². The Hall–Kier alpha value is -0.740. The van der Waals surface area contributed by atoms with Gasteiger partial charge in [0.15, 0.2) is 0 Å². The van der Waals surface area contributed by atoms with E-state index in [-0.39, 0.29) is 4.90 Å². The molecule has 0 aromatic heterocycles. The molecule has 0 unspecified atom stereocenters. The van der Waals surface area contributed by atoms with E-state index in [0.29, 0.717) is 12.4 Å². The maximum absolute atomic E-state index is 11.0. The summed E-state index contributed by atoms with van der Waals surface area (Å²) in [4.78, 5) is 0.0973. The quantitative estimate of drug-likeness (QED) is 0.754. The van der Waals surface area contributed by atoms with Gasteiger partial charge < -0.3 is 4.74 Å². The van der Waals surface area contributed by atoms with Gasteiger partial charge in [-0.3, -0.25) is 0 Å². The zero-order valence-corrected chi connectivity index (χ0v) is 9.52. The highest BCUT2D eigenvalue weighted by Gasteiger charge is 2.11. The molecule has 1 aromatic carbocycles. The Labute approximate surface area is 88.1 Å². The molecule has 3 nitrogen and oxygen atoms in total. The molecule has 78 valence electrons. The molecule has 0 bridgehead atoms. The Balaban J connectivity index is 3.13. The van der Waals surface area contributed by atoms with Crippen molar-refractivity contribution < 1.29 is 13.2 Å². The second kappa shape index (κ2) is 4.19. The first-order chi connectivity index (χ1) is 6.45. The van der Waals surface area contributed by atoms with Crippen molar-refractivity contribution in [3.8, 4) is 5.75 Å². The standard InChI is InChI=1S/C9H11ClO3S/c1-3-13-9-5-4-8(6-7(9)2)14(10,11)12/h4-6H,3H2,1-2H3. The van der Waals surface area contributed by atoms with Gasteiger partial charge in [0.1, 0.15) is 5.75 Å². The maximum Gasteiger partial charge on any atom is 0.261 e. The summed E-state index contributed by atoms with van der Waals surface area (Å²) < 4.78 is 27.2. The number of aryl methyl sites for hydroxylation is 1. The van der Waals surface area contributed by atoms with E-state index in [1.54, 1.807) is 13.0 Å². The molecular formula is C9H11ClO3S. The number of benzene rings is 1. The van der Waals surface area contributed by atoms with Gasteiger partial charge in [0.2, 0.25) is 0 Å². The van der Waals surface area contributed by atoms with Gasteiger partial charge >= 0.3 is 0 Å². The second-order valence-corrected chi connectivity index (χ2v) is 5.36. The van der Waals surface area contributed by atoms with E-state index in [9.17, 15) is 8.42 Å². The number of hydrogen-bond donors (Lipinski definition) is 0. The van der Waals surface area contributed by atoms with Crippen LogP contribution < -0.4 is 4.74 Å². The van der Waals surface area contributed by atoms with E-state index in [1.807, 2.05) is 6.92 Å². The summed E-state index contributed by atoms with van der Waals surface area (Å²) >= 11 is 0. The lowest BCUT2D eigenvalue weighted by molar-refractivity contribution is 0.337. The van der Waals surface area contributed by atoms with Crippen LogP contribution in [0.2, 0.25) is 0 Å². The molecule has 0 radical (unpaired) electrons. The van der Waals surface area contributed by atoms with Crippen LogP contribution in [-0.2, 0) is 9.05 Å². The second-order valence-electron chi connectivity index (χ2n) is 2.80. The lowest BCUT2D eigenvalue weighted by Gasteiger charge is -2.07. The first-order valence-corrected chi connectivity index (χ1v) is 6.44. The van der Waals surface area contributed by atoms with Crippen LogP contribution >= 0.6 is 10.7 Å². The molecule has 0 fully saturated rings. The van der Waals surface area contributed by atoms with Crippen molar-refractivity contribution in [3.05, 3.63) is 23.8 Å². The molecule has 5 heteroatoms. The van der Waals surface area contributed by atoms with Gasteiger partial charge in [-0.05, 0) is 37.6 Å². The van der Waals surface area contributed by atoms with Gasteiger partial charge in [-0.25, -0.2) is 8.42 Å². The molecule has 0 saturated carbocycles. The zero-order chi connectivity index (χ0) is 10.8. The first-order valence-electron chi connectivity index (χ1n) is 4.13. The molecule has 0 heterocycles. The first kappa shape index (κ1) is 11.3. The van der Waals surface area contributed by atoms with Crippen molar-refractivity contribution in [1.82, 2.24) is 0 Å². The molecule has 14 heavy (non-hydrogen) atoms. The highest BCUT2D eigenvalue weighted by molar-refractivity contribution is 8.13. The van der Waals surface area contributed by atoms with E-state index in [2.05, 4.69) is 0 Å². The van der Waals surface area contributed by atoms with E-state index in [0.717, 1.165) is 5.56 Å². The Morgan fingerprint density at radius 1 is 1.43 bits per heavy atom. The van der Waals surface area contributed by atoms with Crippen molar-refractivity contribution in [2.24, 2.45) is 0 Å². The summed E-state index contributed by atoms with van der Waals surface area (Å²) in [5, 5.41) is 0. The Morgan fingerprint density at radius 2 is 2.07 bits per heavy atom. The monoisotopic (exact) mass is 234 g/mol. The fraction of sp³-hybridized carbons (Fsp3) is 0.333. The molecule has 0 N–H and O–H groups in total. The molecule has 1 rings (SSSR count). The van der Waals surface area contributed by atoms with Crippen LogP contribution in [0.1, 0.15) is 12.5 Å². The Bertz CT molecular complexity index is 426. The topological polar surface area (TPSA) is 43.4 Å². The van der Waals surface area contributed by atoms with Crippen molar-refractivity contribution in [2.75, 3.05) is 6.61 Å². The summed E-state index contributed by atoms with van der Waals surface area (Å²) in [6.07, 6.45) is 0. The molecule has 0 saturated heterocycles. The fourth-order valence-electron chi connectivity index (χ4n) is 1.09. The third-order valence-corrected chi connectivity index (χ3v) is 3.08. The van der Waals surface area contributed by atoms with Crippen LogP contribution in [0, 0.1) is 6.92 Å². The van der Waals surface area contributed by atoms with Crippen LogP contribution in [0.5, 0.6) is 5.75 Å². The lowest BCUT2D eigenvalue weighted by atomic mass is 10.2. The van der Waals surface area contributed by atoms with Crippen LogP contribution in [0.3, 0.4) is 0 Å². The number of rotatable bonds is 3. The SMILES string of the molecule is CCOc1ccc(S(=O)(=O)Cl)cc1C. The zero-order valence-electron chi connectivity index (χ0n) is 7.95. The summed E-state index contributed by atoms with van der Waals surface area (Å²) in [6, 6.07) is 4.53. The van der Waals surface area contributed by atoms with Crippen molar-refractivity contribution in [2.45, 2.75) is 18.7 Å². The summed E-state index contributed by atoms with van der Waals surface area (Å²) in [6.45, 7) is 4.19. The van der Waals surface area contributed by atoms with Crippen molar-refractivity contribution in [1.29, 1.82) is 0 Å². The lowest BCUT2D eigenvalue weighted by Crippen LogP contribution is -1.96. The van der Waals surface area contributed by atoms with Gasteiger partial charge in [-0.15, -0.1) is 0 Å². The minimum Gasteiger partial charge on any atom is -0.494 e. The molecule has 0 aliphatic heterocycles. The molecule has 0 spiro atoms. The third-order valence-electron chi connectivity index (χ3n) is 1.73. The molecule has 0 amide bonds. The van der Waals surface area contributed by atoms with Crippen molar-refractivity contribution in [3.63, 3.8) is 0 Å². The highest BCUT2D eigenvalue weighted by atomic mass is 35.7.